The van der Waals surface area contributed by atoms with Crippen LogP contribution in [0.25, 0.3) is 0 Å². The molecule has 1 aromatic carbocycles. The van der Waals surface area contributed by atoms with Crippen LogP contribution in [0, 0.1) is 5.41 Å². The van der Waals surface area contributed by atoms with Crippen LogP contribution in [-0.4, -0.2) is 63.9 Å². The lowest BCUT2D eigenvalue weighted by molar-refractivity contribution is 0.0819. The van der Waals surface area contributed by atoms with Crippen molar-refractivity contribution in [3.05, 3.63) is 23.8 Å². The number of anilines is 2. The third kappa shape index (κ3) is 6.87. The average Bonchev–Trinajstić information content (AvgIpc) is 2.92. The molecule has 2 heterocycles. The van der Waals surface area contributed by atoms with E-state index in [1.165, 1.54) is 95.5 Å². The summed E-state index contributed by atoms with van der Waals surface area (Å²) in [7, 11) is 1.87. The van der Waals surface area contributed by atoms with Gasteiger partial charge in [-0.05, 0) is 86.6 Å². The number of halogens is 1. The van der Waals surface area contributed by atoms with Crippen molar-refractivity contribution < 1.29 is 4.74 Å². The fraction of sp³-hybridized carbons (Fsp3) is 0.800. The highest BCUT2D eigenvalue weighted by Gasteiger charge is 2.34. The van der Waals surface area contributed by atoms with Crippen molar-refractivity contribution in [2.24, 2.45) is 5.41 Å². The monoisotopic (exact) mass is 505 g/mol. The largest absolute Gasteiger partial charge is 0.381 e. The minimum atomic E-state index is 0. The lowest BCUT2D eigenvalue weighted by Gasteiger charge is -2.42. The molecule has 0 bridgehead atoms. The number of benzene rings is 1. The first kappa shape index (κ1) is 28.6. The molecule has 0 spiro atoms. The van der Waals surface area contributed by atoms with Gasteiger partial charge in [0.25, 0.3) is 0 Å². The molecule has 35 heavy (non-hydrogen) atoms. The van der Waals surface area contributed by atoms with Crippen molar-refractivity contribution >= 4 is 23.8 Å². The molecule has 5 heteroatoms. The standard InChI is InChI=1S/C30H51N3O.ClH/c1-5-8-17-31-20-22-33(23-21-31)29-10-9-26(32-18-13-27(34-4)14-19-32)24-28(29)25-11-15-30(6-2,7-3)16-12-25;/h9-10,24-25,27H,5-8,11-23H2,1-4H3;1H. The zero-order valence-electron chi connectivity index (χ0n) is 23.1. The molecule has 2 saturated heterocycles. The highest BCUT2D eigenvalue weighted by atomic mass is 35.5. The molecule has 4 rings (SSSR count). The molecule has 3 aliphatic rings. The molecule has 0 aromatic heterocycles. The Morgan fingerprint density at radius 1 is 0.857 bits per heavy atom. The van der Waals surface area contributed by atoms with E-state index in [0.29, 0.717) is 11.5 Å². The maximum atomic E-state index is 5.63. The van der Waals surface area contributed by atoms with Gasteiger partial charge in [-0.25, -0.2) is 0 Å². The summed E-state index contributed by atoms with van der Waals surface area (Å²) in [5.41, 5.74) is 5.23. The van der Waals surface area contributed by atoms with Gasteiger partial charge in [0.05, 0.1) is 6.10 Å². The smallest absolute Gasteiger partial charge is 0.0605 e. The predicted octanol–water partition coefficient (Wildman–Crippen LogP) is 7.11. The Labute approximate surface area is 222 Å². The van der Waals surface area contributed by atoms with Gasteiger partial charge >= 0.3 is 0 Å². The first-order valence-corrected chi connectivity index (χ1v) is 14.5. The van der Waals surface area contributed by atoms with Crippen molar-refractivity contribution in [2.45, 2.75) is 97.0 Å². The maximum Gasteiger partial charge on any atom is 0.0605 e. The summed E-state index contributed by atoms with van der Waals surface area (Å²) in [6, 6.07) is 7.50. The second-order valence-corrected chi connectivity index (χ2v) is 11.3. The first-order valence-electron chi connectivity index (χ1n) is 14.5. The SMILES string of the molecule is CCCCN1CCN(c2ccc(N3CCC(OC)CC3)cc2C2CCC(CC)(CC)CC2)CC1.Cl. The van der Waals surface area contributed by atoms with E-state index in [1.807, 2.05) is 7.11 Å². The van der Waals surface area contributed by atoms with Gasteiger partial charge in [0.1, 0.15) is 0 Å². The normalized spacial score (nSPS) is 22.3. The Balaban J connectivity index is 0.00000342. The molecule has 0 atom stereocenters. The number of ether oxygens (including phenoxy) is 1. The summed E-state index contributed by atoms with van der Waals surface area (Å²) in [5.74, 6) is 0.718. The third-order valence-corrected chi connectivity index (χ3v) is 9.68. The number of piperidine rings is 1. The van der Waals surface area contributed by atoms with E-state index in [-0.39, 0.29) is 12.4 Å². The van der Waals surface area contributed by atoms with Crippen LogP contribution in [0.2, 0.25) is 0 Å². The van der Waals surface area contributed by atoms with E-state index in [1.54, 1.807) is 5.56 Å². The third-order valence-electron chi connectivity index (χ3n) is 9.68. The molecule has 0 radical (unpaired) electrons. The fourth-order valence-electron chi connectivity index (χ4n) is 6.80. The number of unbranched alkanes of at least 4 members (excludes halogenated alkanes) is 1. The number of hydrogen-bond acceptors (Lipinski definition) is 4. The van der Waals surface area contributed by atoms with Crippen LogP contribution >= 0.6 is 12.4 Å². The molecule has 200 valence electrons. The molecule has 1 aliphatic carbocycles. The van der Waals surface area contributed by atoms with Crippen LogP contribution in [0.4, 0.5) is 11.4 Å². The van der Waals surface area contributed by atoms with Gasteiger partial charge in [0.15, 0.2) is 0 Å². The quantitative estimate of drug-likeness (QED) is 0.356. The first-order chi connectivity index (χ1) is 16.6. The van der Waals surface area contributed by atoms with Crippen molar-refractivity contribution in [3.8, 4) is 0 Å². The van der Waals surface area contributed by atoms with E-state index < -0.39 is 0 Å². The molecular formula is C30H52ClN3O. The topological polar surface area (TPSA) is 19.0 Å². The summed E-state index contributed by atoms with van der Waals surface area (Å²) in [6.45, 7) is 15.4. The lowest BCUT2D eigenvalue weighted by atomic mass is 9.66. The Bertz CT molecular complexity index is 742. The number of methoxy groups -OCH3 is 1. The summed E-state index contributed by atoms with van der Waals surface area (Å²) in [4.78, 5) is 7.99. The number of nitrogens with zero attached hydrogens (tertiary/aromatic N) is 3. The molecule has 0 unspecified atom stereocenters. The van der Waals surface area contributed by atoms with Crippen LogP contribution < -0.4 is 9.80 Å². The number of piperazine rings is 1. The van der Waals surface area contributed by atoms with Gasteiger partial charge in [-0.1, -0.05) is 40.0 Å². The van der Waals surface area contributed by atoms with Crippen molar-refractivity contribution in [1.29, 1.82) is 0 Å². The molecule has 4 nitrogen and oxygen atoms in total. The highest BCUT2D eigenvalue weighted by molar-refractivity contribution is 5.85. The van der Waals surface area contributed by atoms with Crippen LogP contribution in [0.3, 0.4) is 0 Å². The van der Waals surface area contributed by atoms with Gasteiger partial charge in [-0.15, -0.1) is 12.4 Å². The zero-order chi connectivity index (χ0) is 24.0. The van der Waals surface area contributed by atoms with Crippen LogP contribution in [0.1, 0.15) is 96.5 Å². The van der Waals surface area contributed by atoms with E-state index in [2.05, 4.69) is 53.7 Å². The Morgan fingerprint density at radius 3 is 2.09 bits per heavy atom. The zero-order valence-corrected chi connectivity index (χ0v) is 23.9. The molecule has 0 amide bonds. The second-order valence-electron chi connectivity index (χ2n) is 11.3. The Kier molecular flexibility index (Phi) is 11.1. The average molecular weight is 506 g/mol. The Hall–Kier alpha value is -0.970. The fourth-order valence-corrected chi connectivity index (χ4v) is 6.80. The van der Waals surface area contributed by atoms with Crippen LogP contribution in [0.5, 0.6) is 0 Å². The van der Waals surface area contributed by atoms with E-state index in [0.717, 1.165) is 31.8 Å². The van der Waals surface area contributed by atoms with Gasteiger partial charge in [0, 0.05) is 57.8 Å². The van der Waals surface area contributed by atoms with Gasteiger partial charge in [0.2, 0.25) is 0 Å². The van der Waals surface area contributed by atoms with Crippen molar-refractivity contribution in [2.75, 3.05) is 62.7 Å². The number of hydrogen-bond donors (Lipinski definition) is 0. The van der Waals surface area contributed by atoms with Crippen molar-refractivity contribution in [3.63, 3.8) is 0 Å². The molecular weight excluding hydrogens is 454 g/mol. The van der Waals surface area contributed by atoms with E-state index in [9.17, 15) is 0 Å². The van der Waals surface area contributed by atoms with Crippen LogP contribution in [-0.2, 0) is 4.74 Å². The number of rotatable bonds is 9. The molecule has 1 saturated carbocycles. The highest BCUT2D eigenvalue weighted by Crippen LogP contribution is 2.49. The molecule has 3 fully saturated rings. The van der Waals surface area contributed by atoms with E-state index in [4.69, 9.17) is 4.74 Å². The summed E-state index contributed by atoms with van der Waals surface area (Å²) < 4.78 is 5.63. The lowest BCUT2D eigenvalue weighted by Crippen LogP contribution is -2.47. The van der Waals surface area contributed by atoms with Gasteiger partial charge in [-0.2, -0.15) is 0 Å². The summed E-state index contributed by atoms with van der Waals surface area (Å²) in [5, 5.41) is 0. The van der Waals surface area contributed by atoms with Crippen molar-refractivity contribution in [1.82, 2.24) is 4.90 Å². The van der Waals surface area contributed by atoms with Gasteiger partial charge < -0.3 is 14.5 Å². The molecule has 1 aromatic rings. The summed E-state index contributed by atoms with van der Waals surface area (Å²) >= 11 is 0. The van der Waals surface area contributed by atoms with E-state index >= 15 is 0 Å². The second kappa shape index (κ2) is 13.5. The minimum Gasteiger partial charge on any atom is -0.381 e. The minimum absolute atomic E-state index is 0. The maximum absolute atomic E-state index is 5.63. The van der Waals surface area contributed by atoms with Gasteiger partial charge in [-0.3, -0.25) is 4.90 Å². The Morgan fingerprint density at radius 2 is 1.51 bits per heavy atom. The predicted molar refractivity (Wildman–Crippen MR) is 154 cm³/mol. The summed E-state index contributed by atoms with van der Waals surface area (Å²) in [6.07, 6.45) is 13.6. The molecule has 0 N–H and O–H groups in total. The van der Waals surface area contributed by atoms with Crippen LogP contribution in [0.15, 0.2) is 18.2 Å². The molecule has 2 aliphatic heterocycles.